The van der Waals surface area contributed by atoms with E-state index >= 15 is 0 Å². The van der Waals surface area contributed by atoms with Crippen LogP contribution in [0.25, 0.3) is 11.1 Å². The lowest BCUT2D eigenvalue weighted by Gasteiger charge is -2.26. The molecule has 2 nitrogen and oxygen atoms in total. The summed E-state index contributed by atoms with van der Waals surface area (Å²) < 4.78 is 0. The Morgan fingerprint density at radius 2 is 1.52 bits per heavy atom. The van der Waals surface area contributed by atoms with Gasteiger partial charge in [-0.1, -0.05) is 81.6 Å². The third kappa shape index (κ3) is 5.12. The monoisotopic (exact) mass is 378 g/mol. The molecule has 3 rings (SSSR count). The highest BCUT2D eigenvalue weighted by atomic mass is 15.1. The van der Waals surface area contributed by atoms with Crippen LogP contribution in [0.3, 0.4) is 0 Å². The Hall–Kier alpha value is -3.83. The van der Waals surface area contributed by atoms with E-state index in [1.54, 1.807) is 6.08 Å². The van der Waals surface area contributed by atoms with E-state index in [-0.39, 0.29) is 0 Å². The highest BCUT2D eigenvalue weighted by molar-refractivity contribution is 5.78. The highest BCUT2D eigenvalue weighted by Crippen LogP contribution is 2.34. The van der Waals surface area contributed by atoms with E-state index in [1.165, 1.54) is 0 Å². The van der Waals surface area contributed by atoms with Gasteiger partial charge in [0.25, 0.3) is 0 Å². The van der Waals surface area contributed by atoms with Gasteiger partial charge in [-0.05, 0) is 53.6 Å². The van der Waals surface area contributed by atoms with Crippen molar-refractivity contribution in [1.82, 2.24) is 0 Å². The number of rotatable bonds is 6. The van der Waals surface area contributed by atoms with Gasteiger partial charge >= 0.3 is 0 Å². The van der Waals surface area contributed by atoms with E-state index in [2.05, 4.69) is 42.3 Å². The molecule has 0 saturated heterocycles. The van der Waals surface area contributed by atoms with Gasteiger partial charge in [-0.25, -0.2) is 0 Å². The predicted molar refractivity (Wildman–Crippen MR) is 125 cm³/mol. The minimum Gasteiger partial charge on any atom is -0.311 e. The van der Waals surface area contributed by atoms with Gasteiger partial charge in [-0.2, -0.15) is 5.26 Å². The minimum absolute atomic E-state index is 0.659. The number of nitrogens with zero attached hydrogens (tertiary/aromatic N) is 2. The van der Waals surface area contributed by atoms with Gasteiger partial charge in [0.15, 0.2) is 0 Å². The van der Waals surface area contributed by atoms with Crippen LogP contribution in [0.4, 0.5) is 11.4 Å². The largest absolute Gasteiger partial charge is 0.311 e. The van der Waals surface area contributed by atoms with E-state index in [0.29, 0.717) is 5.56 Å². The van der Waals surface area contributed by atoms with Crippen molar-refractivity contribution in [1.29, 1.82) is 5.26 Å². The van der Waals surface area contributed by atoms with E-state index in [0.717, 1.165) is 28.2 Å². The van der Waals surface area contributed by atoms with Crippen LogP contribution in [0.15, 0.2) is 116 Å². The second kappa shape index (κ2) is 11.1. The van der Waals surface area contributed by atoms with Gasteiger partial charge in [0.05, 0.1) is 11.6 Å². The molecule has 0 bridgehead atoms. The zero-order chi connectivity index (χ0) is 21.1. The Morgan fingerprint density at radius 1 is 0.862 bits per heavy atom. The lowest BCUT2D eigenvalue weighted by atomic mass is 9.99. The van der Waals surface area contributed by atoms with E-state index in [4.69, 9.17) is 0 Å². The van der Waals surface area contributed by atoms with Crippen molar-refractivity contribution in [2.75, 3.05) is 4.90 Å². The molecule has 0 heterocycles. The number of benzene rings is 3. The maximum absolute atomic E-state index is 9.44. The maximum Gasteiger partial charge on any atom is 0.0998 e. The van der Waals surface area contributed by atoms with Crippen LogP contribution >= 0.6 is 0 Å². The fourth-order valence-electron chi connectivity index (χ4n) is 3.02. The minimum atomic E-state index is 0.659. The summed E-state index contributed by atoms with van der Waals surface area (Å²) in [5.41, 5.74) is 5.50. The number of allylic oxidation sites excluding steroid dienone is 3. The molecule has 29 heavy (non-hydrogen) atoms. The Bertz CT molecular complexity index is 1020. The molecule has 0 unspecified atom stereocenters. The van der Waals surface area contributed by atoms with Crippen molar-refractivity contribution in [2.45, 2.75) is 13.8 Å². The van der Waals surface area contributed by atoms with Crippen LogP contribution < -0.4 is 4.90 Å². The van der Waals surface area contributed by atoms with Crippen LogP contribution in [-0.4, -0.2) is 0 Å². The first kappa shape index (κ1) is 21.5. The Balaban J connectivity index is 0.00000145. The number of hydrogen-bond acceptors (Lipinski definition) is 2. The zero-order valence-corrected chi connectivity index (χ0v) is 17.0. The molecule has 0 atom stereocenters. The molecule has 0 aromatic heterocycles. The van der Waals surface area contributed by atoms with Crippen molar-refractivity contribution in [3.05, 3.63) is 122 Å². The molecule has 0 aliphatic heterocycles. The number of para-hydroxylation sites is 1. The quantitative estimate of drug-likeness (QED) is 0.412. The van der Waals surface area contributed by atoms with Gasteiger partial charge in [-0.3, -0.25) is 0 Å². The topological polar surface area (TPSA) is 27.0 Å². The Morgan fingerprint density at radius 3 is 2.17 bits per heavy atom. The molecule has 0 fully saturated rings. The fourth-order valence-corrected chi connectivity index (χ4v) is 3.02. The number of anilines is 2. The molecule has 0 amide bonds. The van der Waals surface area contributed by atoms with Crippen LogP contribution in [-0.2, 0) is 0 Å². The molecule has 0 aliphatic rings. The summed E-state index contributed by atoms with van der Waals surface area (Å²) in [4.78, 5) is 2.12. The van der Waals surface area contributed by atoms with Crippen molar-refractivity contribution >= 4 is 11.4 Å². The van der Waals surface area contributed by atoms with Crippen molar-refractivity contribution in [3.63, 3.8) is 0 Å². The average Bonchev–Trinajstić information content (AvgIpc) is 2.81. The normalized spacial score (nSPS) is 10.2. The molecule has 144 valence electrons. The molecular formula is C27H26N2. The van der Waals surface area contributed by atoms with Crippen LogP contribution in [0.2, 0.25) is 0 Å². The highest BCUT2D eigenvalue weighted by Gasteiger charge is 2.13. The lowest BCUT2D eigenvalue weighted by molar-refractivity contribution is 1.21. The molecule has 0 saturated carbocycles. The van der Waals surface area contributed by atoms with Crippen LogP contribution in [0, 0.1) is 11.3 Å². The van der Waals surface area contributed by atoms with Crippen molar-refractivity contribution < 1.29 is 0 Å². The van der Waals surface area contributed by atoms with Crippen LogP contribution in [0.5, 0.6) is 0 Å². The Labute approximate surface area is 174 Å². The maximum atomic E-state index is 9.44. The standard InChI is InChI=1S/C25H20N2.C2H6/c1-3-11-22(4-2)27(23-14-6-5-7-15-23)24-16-10-13-20(18-24)25-17-9-8-12-21(25)19-26;1-2/h3-18H,1-2H2;1-2H3/b22-11+;. The SMILES string of the molecule is C=C/C=C(\C=C)N(c1ccccc1)c1cccc(-c2ccccc2C#N)c1.CC. The predicted octanol–water partition coefficient (Wildman–Crippen LogP) is 7.65. The first-order valence-electron chi connectivity index (χ1n) is 9.68. The lowest BCUT2D eigenvalue weighted by Crippen LogP contribution is -2.14. The molecule has 0 N–H and O–H groups in total. The number of hydrogen-bond donors (Lipinski definition) is 0. The fraction of sp³-hybridized carbons (Fsp3) is 0.0741. The first-order valence-corrected chi connectivity index (χ1v) is 9.68. The van der Waals surface area contributed by atoms with Crippen molar-refractivity contribution in [3.8, 4) is 17.2 Å². The van der Waals surface area contributed by atoms with E-state index in [1.807, 2.05) is 86.7 Å². The first-order chi connectivity index (χ1) is 14.3. The van der Waals surface area contributed by atoms with E-state index < -0.39 is 0 Å². The summed E-state index contributed by atoms with van der Waals surface area (Å²) in [5, 5.41) is 9.44. The molecule has 0 spiro atoms. The van der Waals surface area contributed by atoms with Gasteiger partial charge in [0.2, 0.25) is 0 Å². The Kier molecular flexibility index (Phi) is 8.23. The summed E-state index contributed by atoms with van der Waals surface area (Å²) in [6, 6.07) is 28.2. The molecular weight excluding hydrogens is 352 g/mol. The summed E-state index contributed by atoms with van der Waals surface area (Å²) in [7, 11) is 0. The summed E-state index contributed by atoms with van der Waals surface area (Å²) >= 11 is 0. The van der Waals surface area contributed by atoms with Gasteiger partial charge in [-0.15, -0.1) is 0 Å². The molecule has 3 aromatic carbocycles. The van der Waals surface area contributed by atoms with Gasteiger partial charge < -0.3 is 4.90 Å². The molecule has 3 aromatic rings. The summed E-state index contributed by atoms with van der Waals surface area (Å²) in [6.07, 6.45) is 5.49. The summed E-state index contributed by atoms with van der Waals surface area (Å²) in [5.74, 6) is 0. The zero-order valence-electron chi connectivity index (χ0n) is 17.0. The third-order valence-electron chi connectivity index (χ3n) is 4.23. The molecule has 2 heteroatoms. The van der Waals surface area contributed by atoms with Gasteiger partial charge in [0.1, 0.15) is 0 Å². The smallest absolute Gasteiger partial charge is 0.0998 e. The van der Waals surface area contributed by atoms with Crippen molar-refractivity contribution in [2.24, 2.45) is 0 Å². The second-order valence-corrected chi connectivity index (χ2v) is 5.91. The van der Waals surface area contributed by atoms with Gasteiger partial charge in [0, 0.05) is 17.1 Å². The van der Waals surface area contributed by atoms with E-state index in [9.17, 15) is 5.26 Å². The van der Waals surface area contributed by atoms with Crippen LogP contribution in [0.1, 0.15) is 19.4 Å². The molecule has 0 aliphatic carbocycles. The average molecular weight is 379 g/mol. The summed E-state index contributed by atoms with van der Waals surface area (Å²) in [6.45, 7) is 11.8. The molecule has 0 radical (unpaired) electrons. The number of nitriles is 1. The third-order valence-corrected chi connectivity index (χ3v) is 4.23. The second-order valence-electron chi connectivity index (χ2n) is 5.91.